The molecule has 0 saturated heterocycles. The van der Waals surface area contributed by atoms with Crippen LogP contribution in [0.1, 0.15) is 64.1 Å². The summed E-state index contributed by atoms with van der Waals surface area (Å²) in [5.74, 6) is 0.462. The Kier molecular flexibility index (Phi) is 6.27. The monoisotopic (exact) mass is 332 g/mol. The van der Waals surface area contributed by atoms with Crippen molar-refractivity contribution >= 4 is 6.09 Å². The predicted octanol–water partition coefficient (Wildman–Crippen LogP) is 4.34. The summed E-state index contributed by atoms with van der Waals surface area (Å²) in [5.41, 5.74) is 2.22. The van der Waals surface area contributed by atoms with Crippen LogP contribution in [0.5, 0.6) is 0 Å². The molecule has 2 rings (SSSR count). The molecule has 1 amide bonds. The minimum atomic E-state index is -0.448. The van der Waals surface area contributed by atoms with Gasteiger partial charge < -0.3 is 15.4 Å². The molecule has 1 aliphatic carbocycles. The minimum absolute atomic E-state index is 0.318. The van der Waals surface area contributed by atoms with Gasteiger partial charge in [-0.25, -0.2) is 4.79 Å². The van der Waals surface area contributed by atoms with Gasteiger partial charge in [-0.2, -0.15) is 0 Å². The van der Waals surface area contributed by atoms with Crippen LogP contribution in [0.25, 0.3) is 0 Å². The van der Waals surface area contributed by atoms with Gasteiger partial charge >= 0.3 is 6.09 Å². The summed E-state index contributed by atoms with van der Waals surface area (Å²) in [6, 6.07) is 9.28. The van der Waals surface area contributed by atoms with Gasteiger partial charge in [-0.1, -0.05) is 30.7 Å². The molecule has 4 heteroatoms. The van der Waals surface area contributed by atoms with Gasteiger partial charge in [0, 0.05) is 18.6 Å². The molecule has 0 radical (unpaired) electrons. The number of benzene rings is 1. The second kappa shape index (κ2) is 8.02. The summed E-state index contributed by atoms with van der Waals surface area (Å²) < 4.78 is 5.33. The number of hydrogen-bond acceptors (Lipinski definition) is 3. The fraction of sp³-hybridized carbons (Fsp3) is 0.650. The summed E-state index contributed by atoms with van der Waals surface area (Å²) in [5, 5.41) is 6.70. The van der Waals surface area contributed by atoms with Crippen LogP contribution in [0.15, 0.2) is 24.3 Å². The lowest BCUT2D eigenvalue weighted by atomic mass is 9.98. The van der Waals surface area contributed by atoms with E-state index in [2.05, 4.69) is 48.7 Å². The van der Waals surface area contributed by atoms with E-state index in [4.69, 9.17) is 4.74 Å². The molecule has 1 fully saturated rings. The minimum Gasteiger partial charge on any atom is -0.444 e. The Labute approximate surface area is 146 Å². The van der Waals surface area contributed by atoms with Crippen molar-refractivity contribution in [2.75, 3.05) is 6.54 Å². The molecule has 1 aromatic carbocycles. The van der Waals surface area contributed by atoms with E-state index >= 15 is 0 Å². The molecule has 0 bridgehead atoms. The summed E-state index contributed by atoms with van der Waals surface area (Å²) in [4.78, 5) is 11.9. The first kappa shape index (κ1) is 18.8. The smallest absolute Gasteiger partial charge is 0.407 e. The molecule has 0 aromatic heterocycles. The topological polar surface area (TPSA) is 50.4 Å². The number of hydrogen-bond donors (Lipinski definition) is 2. The molecule has 0 heterocycles. The highest BCUT2D eigenvalue weighted by atomic mass is 16.6. The van der Waals surface area contributed by atoms with E-state index in [0.717, 1.165) is 12.8 Å². The van der Waals surface area contributed by atoms with Gasteiger partial charge in [0.25, 0.3) is 0 Å². The van der Waals surface area contributed by atoms with Crippen molar-refractivity contribution in [1.82, 2.24) is 10.6 Å². The number of alkyl carbamates (subject to hydrolysis) is 1. The number of carbonyl (C=O) groups excluding carboxylic acids is 1. The zero-order valence-electron chi connectivity index (χ0n) is 15.7. The molecule has 0 aliphatic heterocycles. The molecule has 1 saturated carbocycles. The van der Waals surface area contributed by atoms with Crippen LogP contribution in [-0.4, -0.2) is 24.3 Å². The van der Waals surface area contributed by atoms with Crippen LogP contribution in [0, 0.1) is 12.8 Å². The normalized spacial score (nSPS) is 22.2. The van der Waals surface area contributed by atoms with E-state index in [1.807, 2.05) is 20.8 Å². The lowest BCUT2D eigenvalue weighted by Gasteiger charge is -2.27. The van der Waals surface area contributed by atoms with Gasteiger partial charge in [-0.3, -0.25) is 0 Å². The Hall–Kier alpha value is -1.55. The first-order chi connectivity index (χ1) is 11.3. The zero-order valence-corrected chi connectivity index (χ0v) is 15.7. The van der Waals surface area contributed by atoms with E-state index in [1.54, 1.807) is 0 Å². The number of amides is 1. The molecule has 4 nitrogen and oxygen atoms in total. The Morgan fingerprint density at radius 3 is 2.67 bits per heavy atom. The maximum absolute atomic E-state index is 11.9. The molecular formula is C20H32N2O2. The van der Waals surface area contributed by atoms with Crippen molar-refractivity contribution in [3.05, 3.63) is 35.4 Å². The van der Waals surface area contributed by atoms with Crippen LogP contribution in [0.3, 0.4) is 0 Å². The molecule has 3 atom stereocenters. The number of rotatable bonds is 5. The van der Waals surface area contributed by atoms with Gasteiger partial charge in [-0.05, 0) is 64.5 Å². The number of ether oxygens (including phenoxy) is 1. The Morgan fingerprint density at radius 1 is 1.29 bits per heavy atom. The zero-order chi connectivity index (χ0) is 17.7. The average molecular weight is 332 g/mol. The third-order valence-electron chi connectivity index (χ3n) is 4.69. The Morgan fingerprint density at radius 2 is 2.00 bits per heavy atom. The van der Waals surface area contributed by atoms with Crippen molar-refractivity contribution < 1.29 is 9.53 Å². The summed E-state index contributed by atoms with van der Waals surface area (Å²) in [6.45, 7) is 10.7. The van der Waals surface area contributed by atoms with Crippen LogP contribution < -0.4 is 10.6 Å². The SMILES string of the molecule is Cc1ccccc1C(C)NC1CCCC1CNC(=O)OC(C)(C)C. The fourth-order valence-electron chi connectivity index (χ4n) is 3.51. The molecule has 0 spiro atoms. The van der Waals surface area contributed by atoms with Crippen molar-refractivity contribution in [1.29, 1.82) is 0 Å². The van der Waals surface area contributed by atoms with Crippen molar-refractivity contribution in [2.45, 2.75) is 71.6 Å². The summed E-state index contributed by atoms with van der Waals surface area (Å²) in [6.07, 6.45) is 3.20. The molecule has 24 heavy (non-hydrogen) atoms. The van der Waals surface area contributed by atoms with Gasteiger partial charge in [0.2, 0.25) is 0 Å². The van der Waals surface area contributed by atoms with Gasteiger partial charge in [0.1, 0.15) is 5.60 Å². The van der Waals surface area contributed by atoms with E-state index in [0.29, 0.717) is 24.5 Å². The summed E-state index contributed by atoms with van der Waals surface area (Å²) >= 11 is 0. The van der Waals surface area contributed by atoms with Crippen LogP contribution in [-0.2, 0) is 4.74 Å². The molecule has 134 valence electrons. The number of carbonyl (C=O) groups is 1. The third-order valence-corrected chi connectivity index (χ3v) is 4.69. The van der Waals surface area contributed by atoms with Crippen LogP contribution in [0.4, 0.5) is 4.79 Å². The predicted molar refractivity (Wildman–Crippen MR) is 98.1 cm³/mol. The molecule has 3 unspecified atom stereocenters. The second-order valence-electron chi connectivity index (χ2n) is 7.93. The third kappa shape index (κ3) is 5.52. The maximum Gasteiger partial charge on any atom is 0.407 e. The van der Waals surface area contributed by atoms with Crippen LogP contribution in [0.2, 0.25) is 0 Å². The fourth-order valence-corrected chi connectivity index (χ4v) is 3.51. The van der Waals surface area contributed by atoms with Gasteiger partial charge in [0.05, 0.1) is 0 Å². The largest absolute Gasteiger partial charge is 0.444 e. The number of nitrogens with one attached hydrogen (secondary N) is 2. The van der Waals surface area contributed by atoms with E-state index in [-0.39, 0.29) is 6.09 Å². The molecule has 1 aliphatic rings. The highest BCUT2D eigenvalue weighted by molar-refractivity contribution is 5.67. The van der Waals surface area contributed by atoms with E-state index in [1.165, 1.54) is 17.5 Å². The van der Waals surface area contributed by atoms with E-state index < -0.39 is 5.60 Å². The lowest BCUT2D eigenvalue weighted by Crippen LogP contribution is -2.41. The standard InChI is InChI=1S/C20H32N2O2/c1-14-9-6-7-11-17(14)15(2)22-18-12-8-10-16(18)13-21-19(23)24-20(3,4)5/h6-7,9,11,15-16,18,22H,8,10,12-13H2,1-5H3,(H,21,23). The molecule has 1 aromatic rings. The lowest BCUT2D eigenvalue weighted by molar-refractivity contribution is 0.0517. The van der Waals surface area contributed by atoms with Gasteiger partial charge in [0.15, 0.2) is 0 Å². The number of aryl methyl sites for hydroxylation is 1. The Bertz CT molecular complexity index is 551. The van der Waals surface area contributed by atoms with Crippen molar-refractivity contribution in [2.24, 2.45) is 5.92 Å². The van der Waals surface area contributed by atoms with E-state index in [9.17, 15) is 4.79 Å². The van der Waals surface area contributed by atoms with Crippen LogP contribution >= 0.6 is 0 Å². The molecular weight excluding hydrogens is 300 g/mol. The summed E-state index contributed by atoms with van der Waals surface area (Å²) in [7, 11) is 0. The average Bonchev–Trinajstić information content (AvgIpc) is 2.91. The first-order valence-electron chi connectivity index (χ1n) is 9.04. The maximum atomic E-state index is 11.9. The van der Waals surface area contributed by atoms with Crippen molar-refractivity contribution in [3.8, 4) is 0 Å². The van der Waals surface area contributed by atoms with Gasteiger partial charge in [-0.15, -0.1) is 0 Å². The highest BCUT2D eigenvalue weighted by Crippen LogP contribution is 2.28. The molecule has 2 N–H and O–H groups in total. The highest BCUT2D eigenvalue weighted by Gasteiger charge is 2.29. The first-order valence-corrected chi connectivity index (χ1v) is 9.04. The van der Waals surface area contributed by atoms with Crippen molar-refractivity contribution in [3.63, 3.8) is 0 Å². The quantitative estimate of drug-likeness (QED) is 0.843. The Balaban J connectivity index is 1.87. The second-order valence-corrected chi connectivity index (χ2v) is 7.93.